The van der Waals surface area contributed by atoms with E-state index in [0.29, 0.717) is 6.54 Å². The minimum Gasteiger partial charge on any atom is -0.398 e. The first-order chi connectivity index (χ1) is 7.04. The van der Waals surface area contributed by atoms with E-state index in [0.717, 1.165) is 25.6 Å². The van der Waals surface area contributed by atoms with Gasteiger partial charge in [-0.1, -0.05) is 0 Å². The van der Waals surface area contributed by atoms with Gasteiger partial charge in [-0.25, -0.2) is 0 Å². The van der Waals surface area contributed by atoms with Gasteiger partial charge in [0.2, 0.25) is 0 Å². The summed E-state index contributed by atoms with van der Waals surface area (Å²) in [6, 6.07) is 1.03. The van der Waals surface area contributed by atoms with Crippen LogP contribution in [-0.4, -0.2) is 41.4 Å². The first-order valence-electron chi connectivity index (χ1n) is 5.68. The Balaban J connectivity index is 3.68. The second-order valence-corrected chi connectivity index (χ2v) is 7.56. The molecule has 0 saturated heterocycles. The molecule has 0 aromatic heterocycles. The molecule has 0 aliphatic heterocycles. The van der Waals surface area contributed by atoms with Gasteiger partial charge in [0.15, 0.2) is 0 Å². The van der Waals surface area contributed by atoms with Crippen LogP contribution in [0.15, 0.2) is 0 Å². The molecular formula is C10H26N2O2Si. The summed E-state index contributed by atoms with van der Waals surface area (Å²) in [5.74, 6) is 0. The zero-order valence-corrected chi connectivity index (χ0v) is 11.5. The van der Waals surface area contributed by atoms with E-state index in [1.54, 1.807) is 7.11 Å². The molecule has 1 atom stereocenters. The van der Waals surface area contributed by atoms with Gasteiger partial charge >= 0.3 is 8.56 Å². The van der Waals surface area contributed by atoms with Crippen molar-refractivity contribution in [2.75, 3.05) is 26.7 Å². The molecule has 0 bridgehead atoms. The van der Waals surface area contributed by atoms with Crippen molar-refractivity contribution < 1.29 is 8.85 Å². The maximum atomic E-state index is 5.86. The Morgan fingerprint density at radius 1 is 1.33 bits per heavy atom. The van der Waals surface area contributed by atoms with Gasteiger partial charge in [0.25, 0.3) is 0 Å². The fourth-order valence-electron chi connectivity index (χ4n) is 1.47. The highest BCUT2D eigenvalue weighted by Gasteiger charge is 2.30. The van der Waals surface area contributed by atoms with E-state index in [-0.39, 0.29) is 6.10 Å². The summed E-state index contributed by atoms with van der Waals surface area (Å²) in [6.45, 7) is 8.80. The zero-order valence-electron chi connectivity index (χ0n) is 10.5. The number of rotatable bonds is 9. The lowest BCUT2D eigenvalue weighted by molar-refractivity contribution is 0.157. The Kier molecular flexibility index (Phi) is 8.27. The third-order valence-electron chi connectivity index (χ3n) is 2.22. The lowest BCUT2D eigenvalue weighted by atomic mass is 10.5. The summed E-state index contributed by atoms with van der Waals surface area (Å²) in [5.41, 5.74) is 5.39. The Labute approximate surface area is 94.8 Å². The third kappa shape index (κ3) is 7.93. The molecule has 1 unspecified atom stereocenters. The van der Waals surface area contributed by atoms with Crippen LogP contribution in [0.1, 0.15) is 20.3 Å². The predicted octanol–water partition coefficient (Wildman–Crippen LogP) is 1.07. The summed E-state index contributed by atoms with van der Waals surface area (Å²) in [6.07, 6.45) is 1.34. The van der Waals surface area contributed by atoms with Crippen molar-refractivity contribution in [2.45, 2.75) is 39.0 Å². The van der Waals surface area contributed by atoms with Gasteiger partial charge in [-0.3, -0.25) is 0 Å². The molecule has 0 spiro atoms. The molecule has 15 heavy (non-hydrogen) atoms. The van der Waals surface area contributed by atoms with E-state index in [1.807, 2.05) is 0 Å². The van der Waals surface area contributed by atoms with Crippen molar-refractivity contribution >= 4 is 8.56 Å². The summed E-state index contributed by atoms with van der Waals surface area (Å²) in [7, 11) is -0.166. The van der Waals surface area contributed by atoms with Crippen molar-refractivity contribution in [3.63, 3.8) is 0 Å². The van der Waals surface area contributed by atoms with Gasteiger partial charge in [0.05, 0.1) is 0 Å². The smallest absolute Gasteiger partial charge is 0.334 e. The number of hydrogen-bond donors (Lipinski definition) is 2. The Hall–Kier alpha value is 0.0569. The van der Waals surface area contributed by atoms with Crippen LogP contribution in [0.25, 0.3) is 0 Å². The number of nitrogens with two attached hydrogens (primary N) is 1. The van der Waals surface area contributed by atoms with Crippen molar-refractivity contribution in [1.82, 2.24) is 5.32 Å². The molecule has 3 N–H and O–H groups in total. The lowest BCUT2D eigenvalue weighted by Crippen LogP contribution is -2.40. The molecule has 5 heteroatoms. The highest BCUT2D eigenvalue weighted by molar-refractivity contribution is 6.66. The fraction of sp³-hybridized carbons (Fsp3) is 1.00. The molecule has 0 amide bonds. The average molecular weight is 234 g/mol. The highest BCUT2D eigenvalue weighted by Crippen LogP contribution is 2.16. The maximum Gasteiger partial charge on any atom is 0.334 e. The first-order valence-corrected chi connectivity index (χ1v) is 8.20. The molecule has 4 nitrogen and oxygen atoms in total. The second-order valence-electron chi connectivity index (χ2n) is 4.15. The van der Waals surface area contributed by atoms with Gasteiger partial charge in [-0.05, 0) is 39.4 Å². The molecule has 0 heterocycles. The average Bonchev–Trinajstić information content (AvgIpc) is 2.16. The SMILES string of the molecule is CO[Si](C)(CCCNCCN)OC(C)C. The molecule has 0 fully saturated rings. The van der Waals surface area contributed by atoms with Crippen LogP contribution in [0.4, 0.5) is 0 Å². The molecule has 0 aliphatic rings. The van der Waals surface area contributed by atoms with Gasteiger partial charge in [-0.2, -0.15) is 0 Å². The van der Waals surface area contributed by atoms with Crippen molar-refractivity contribution in [3.8, 4) is 0 Å². The van der Waals surface area contributed by atoms with Gasteiger partial charge < -0.3 is 19.9 Å². The minimum atomic E-state index is -1.92. The van der Waals surface area contributed by atoms with Crippen LogP contribution in [0.3, 0.4) is 0 Å². The standard InChI is InChI=1S/C10H26N2O2Si/c1-10(2)14-15(4,13-3)9-5-7-12-8-6-11/h10,12H,5-9,11H2,1-4H3. The maximum absolute atomic E-state index is 5.86. The van der Waals surface area contributed by atoms with E-state index >= 15 is 0 Å². The number of nitrogens with one attached hydrogen (secondary N) is 1. The molecule has 0 aromatic rings. The summed E-state index contributed by atoms with van der Waals surface area (Å²) < 4.78 is 11.4. The van der Waals surface area contributed by atoms with Crippen molar-refractivity contribution in [2.24, 2.45) is 5.73 Å². The quantitative estimate of drug-likeness (QED) is 0.463. The predicted molar refractivity (Wildman–Crippen MR) is 66.2 cm³/mol. The molecule has 0 rings (SSSR count). The molecular weight excluding hydrogens is 208 g/mol. The Bertz CT molecular complexity index is 158. The van der Waals surface area contributed by atoms with Crippen LogP contribution in [0, 0.1) is 0 Å². The molecule has 0 aliphatic carbocycles. The normalized spacial score (nSPS) is 15.6. The molecule has 0 saturated carbocycles. The zero-order chi connectivity index (χ0) is 11.7. The molecule has 92 valence electrons. The summed E-state index contributed by atoms with van der Waals surface area (Å²) in [4.78, 5) is 0. The minimum absolute atomic E-state index is 0.249. The molecule has 0 aromatic carbocycles. The highest BCUT2D eigenvalue weighted by atomic mass is 28.4. The van der Waals surface area contributed by atoms with Gasteiger partial charge in [0, 0.05) is 26.3 Å². The number of hydrogen-bond acceptors (Lipinski definition) is 4. The van der Waals surface area contributed by atoms with E-state index in [9.17, 15) is 0 Å². The fourth-order valence-corrected chi connectivity index (χ4v) is 3.70. The van der Waals surface area contributed by atoms with Gasteiger partial charge in [-0.15, -0.1) is 0 Å². The van der Waals surface area contributed by atoms with Crippen LogP contribution in [-0.2, 0) is 8.85 Å². The van der Waals surface area contributed by atoms with E-state index in [1.165, 1.54) is 0 Å². The largest absolute Gasteiger partial charge is 0.398 e. The first kappa shape index (κ1) is 15.1. The summed E-state index contributed by atoms with van der Waals surface area (Å²) >= 11 is 0. The van der Waals surface area contributed by atoms with E-state index in [4.69, 9.17) is 14.6 Å². The summed E-state index contributed by atoms with van der Waals surface area (Å²) in [5, 5.41) is 3.27. The van der Waals surface area contributed by atoms with E-state index in [2.05, 4.69) is 25.7 Å². The van der Waals surface area contributed by atoms with Crippen LogP contribution in [0.2, 0.25) is 12.6 Å². The van der Waals surface area contributed by atoms with Crippen molar-refractivity contribution in [1.29, 1.82) is 0 Å². The third-order valence-corrected chi connectivity index (χ3v) is 5.32. The van der Waals surface area contributed by atoms with Crippen molar-refractivity contribution in [3.05, 3.63) is 0 Å². The van der Waals surface area contributed by atoms with Crippen LogP contribution < -0.4 is 11.1 Å². The van der Waals surface area contributed by atoms with Crippen LogP contribution in [0.5, 0.6) is 0 Å². The Morgan fingerprint density at radius 2 is 2.00 bits per heavy atom. The van der Waals surface area contributed by atoms with Gasteiger partial charge in [0.1, 0.15) is 0 Å². The van der Waals surface area contributed by atoms with E-state index < -0.39 is 8.56 Å². The van der Waals surface area contributed by atoms with Crippen LogP contribution >= 0.6 is 0 Å². The monoisotopic (exact) mass is 234 g/mol. The Morgan fingerprint density at radius 3 is 2.47 bits per heavy atom. The lowest BCUT2D eigenvalue weighted by Gasteiger charge is -2.27. The molecule has 0 radical (unpaired) electrons. The topological polar surface area (TPSA) is 56.5 Å². The second kappa shape index (κ2) is 8.24.